The second kappa shape index (κ2) is 9.10. The predicted octanol–water partition coefficient (Wildman–Crippen LogP) is 2.58. The number of carbonyl (C=O) groups is 2. The molecule has 1 atom stereocenters. The second-order valence-corrected chi connectivity index (χ2v) is 7.60. The van der Waals surface area contributed by atoms with Crippen LogP contribution < -0.4 is 9.47 Å². The molecule has 1 aliphatic heterocycles. The van der Waals surface area contributed by atoms with Gasteiger partial charge < -0.3 is 24.4 Å². The van der Waals surface area contributed by atoms with Gasteiger partial charge in [-0.05, 0) is 37.7 Å². The molecule has 1 heterocycles. The molecule has 0 spiro atoms. The smallest absolute Gasteiger partial charge is 0.290 e. The number of hydrogen-bond donors (Lipinski definition) is 1. The molecule has 0 radical (unpaired) electrons. The number of ether oxygens (including phenoxy) is 2. The highest BCUT2D eigenvalue weighted by atomic mass is 16.5. The number of ketones is 1. The van der Waals surface area contributed by atoms with E-state index in [1.165, 1.54) is 7.11 Å². The van der Waals surface area contributed by atoms with Gasteiger partial charge in [0, 0.05) is 19.5 Å². The molecule has 28 heavy (non-hydrogen) atoms. The van der Waals surface area contributed by atoms with E-state index < -0.39 is 17.7 Å². The number of rotatable bonds is 9. The lowest BCUT2D eigenvalue weighted by Gasteiger charge is -2.28. The molecule has 7 heteroatoms. The first-order chi connectivity index (χ1) is 13.2. The van der Waals surface area contributed by atoms with Crippen LogP contribution in [0.2, 0.25) is 0 Å². The van der Waals surface area contributed by atoms with Crippen LogP contribution in [0.1, 0.15) is 31.9 Å². The summed E-state index contributed by atoms with van der Waals surface area (Å²) in [4.78, 5) is 29.2. The molecular formula is C21H30N2O5. The molecule has 0 saturated heterocycles. The summed E-state index contributed by atoms with van der Waals surface area (Å²) in [5, 5.41) is 10.5. The van der Waals surface area contributed by atoms with Crippen molar-refractivity contribution in [1.82, 2.24) is 9.80 Å². The molecule has 1 aliphatic rings. The topological polar surface area (TPSA) is 79.3 Å². The zero-order chi connectivity index (χ0) is 21.0. The summed E-state index contributed by atoms with van der Waals surface area (Å²) >= 11 is 0. The van der Waals surface area contributed by atoms with Crippen LogP contribution in [0.25, 0.3) is 0 Å². The fourth-order valence-corrected chi connectivity index (χ4v) is 3.33. The lowest BCUT2D eigenvalue weighted by atomic mass is 9.92. The van der Waals surface area contributed by atoms with Gasteiger partial charge in [0.2, 0.25) is 0 Å². The summed E-state index contributed by atoms with van der Waals surface area (Å²) in [6.45, 7) is 4.85. The van der Waals surface area contributed by atoms with Crippen LogP contribution in [0, 0.1) is 5.92 Å². The van der Waals surface area contributed by atoms with E-state index >= 15 is 0 Å². The number of amides is 1. The molecule has 1 N–H and O–H groups in total. The number of aliphatic hydroxyl groups excluding tert-OH is 1. The lowest BCUT2D eigenvalue weighted by molar-refractivity contribution is -0.129. The number of Topliss-reactive ketones (excluding diaryl/α,β-unsaturated/α-hetero) is 1. The maximum Gasteiger partial charge on any atom is 0.290 e. The van der Waals surface area contributed by atoms with Crippen molar-refractivity contribution in [2.24, 2.45) is 5.92 Å². The maximum atomic E-state index is 12.9. The largest absolute Gasteiger partial charge is 0.503 e. The average Bonchev–Trinajstić information content (AvgIpc) is 2.89. The minimum absolute atomic E-state index is 0.116. The molecular weight excluding hydrogens is 360 g/mol. The van der Waals surface area contributed by atoms with Crippen molar-refractivity contribution >= 4 is 11.7 Å². The summed E-state index contributed by atoms with van der Waals surface area (Å²) in [6.07, 6.45) is 0.262. The number of methoxy groups -OCH3 is 2. The Bertz CT molecular complexity index is 770. The Balaban J connectivity index is 2.53. The molecule has 1 aromatic carbocycles. The van der Waals surface area contributed by atoms with Crippen LogP contribution >= 0.6 is 0 Å². The quantitative estimate of drug-likeness (QED) is 0.698. The number of nitrogens with zero attached hydrogens (tertiary/aromatic N) is 2. The van der Waals surface area contributed by atoms with Crippen molar-refractivity contribution in [2.45, 2.75) is 26.3 Å². The second-order valence-electron chi connectivity index (χ2n) is 7.60. The fourth-order valence-electron chi connectivity index (χ4n) is 3.33. The number of likely N-dealkylation sites (N-methyl/N-ethyl adjacent to an activating group) is 1. The van der Waals surface area contributed by atoms with E-state index in [-0.39, 0.29) is 23.7 Å². The average molecular weight is 390 g/mol. The van der Waals surface area contributed by atoms with Gasteiger partial charge in [-0.1, -0.05) is 19.9 Å². The zero-order valence-corrected chi connectivity index (χ0v) is 17.5. The van der Waals surface area contributed by atoms with Gasteiger partial charge in [-0.3, -0.25) is 9.59 Å². The summed E-state index contributed by atoms with van der Waals surface area (Å²) in [7, 11) is 6.89. The van der Waals surface area contributed by atoms with E-state index in [0.29, 0.717) is 30.2 Å². The van der Waals surface area contributed by atoms with Crippen molar-refractivity contribution in [2.75, 3.05) is 41.4 Å². The Morgan fingerprint density at radius 2 is 1.86 bits per heavy atom. The third-order valence-electron chi connectivity index (χ3n) is 4.71. The van der Waals surface area contributed by atoms with Crippen molar-refractivity contribution in [3.05, 3.63) is 35.1 Å². The third-order valence-corrected chi connectivity index (χ3v) is 4.71. The SMILES string of the molecule is COc1ccc(C2C(C(=O)CC(C)C)=C(O)C(=O)N2CCN(C)C)cc1OC. The van der Waals surface area contributed by atoms with E-state index in [1.54, 1.807) is 30.2 Å². The standard InChI is InChI=1S/C21H30N2O5/c1-13(2)11-15(24)18-19(14-7-8-16(27-5)17(12-14)28-6)23(10-9-22(3)4)21(26)20(18)25/h7-8,12-13,19,25H,9-11H2,1-6H3. The number of hydrogen-bond acceptors (Lipinski definition) is 6. The van der Waals surface area contributed by atoms with E-state index in [1.807, 2.05) is 32.8 Å². The van der Waals surface area contributed by atoms with Crippen LogP contribution in [-0.2, 0) is 9.59 Å². The van der Waals surface area contributed by atoms with Crippen molar-refractivity contribution in [3.8, 4) is 11.5 Å². The van der Waals surface area contributed by atoms with E-state index in [2.05, 4.69) is 0 Å². The van der Waals surface area contributed by atoms with Gasteiger partial charge in [0.25, 0.3) is 5.91 Å². The lowest BCUT2D eigenvalue weighted by Crippen LogP contribution is -2.36. The summed E-state index contributed by atoms with van der Waals surface area (Å²) in [5.74, 6) is -0.0172. The molecule has 1 aromatic rings. The first-order valence-corrected chi connectivity index (χ1v) is 9.35. The van der Waals surface area contributed by atoms with Gasteiger partial charge >= 0.3 is 0 Å². The van der Waals surface area contributed by atoms with Crippen LogP contribution in [-0.4, -0.2) is 68.0 Å². The molecule has 0 aromatic heterocycles. The molecule has 2 rings (SSSR count). The van der Waals surface area contributed by atoms with Gasteiger partial charge in [-0.2, -0.15) is 0 Å². The minimum Gasteiger partial charge on any atom is -0.503 e. The van der Waals surface area contributed by atoms with Gasteiger partial charge in [0.1, 0.15) is 0 Å². The first-order valence-electron chi connectivity index (χ1n) is 9.35. The summed E-state index contributed by atoms with van der Waals surface area (Å²) in [5.41, 5.74) is 0.852. The number of benzene rings is 1. The summed E-state index contributed by atoms with van der Waals surface area (Å²) in [6, 6.07) is 4.63. The highest BCUT2D eigenvalue weighted by Crippen LogP contribution is 2.41. The van der Waals surface area contributed by atoms with E-state index in [0.717, 1.165) is 0 Å². The van der Waals surface area contributed by atoms with Crippen LogP contribution in [0.5, 0.6) is 11.5 Å². The molecule has 1 unspecified atom stereocenters. The molecule has 0 saturated carbocycles. The Kier molecular flexibility index (Phi) is 7.07. The Labute approximate surface area is 166 Å². The summed E-state index contributed by atoms with van der Waals surface area (Å²) < 4.78 is 10.7. The van der Waals surface area contributed by atoms with Gasteiger partial charge in [0.15, 0.2) is 23.0 Å². The highest BCUT2D eigenvalue weighted by molar-refractivity contribution is 6.09. The zero-order valence-electron chi connectivity index (χ0n) is 17.5. The van der Waals surface area contributed by atoms with Crippen LogP contribution in [0.15, 0.2) is 29.5 Å². The highest BCUT2D eigenvalue weighted by Gasteiger charge is 2.43. The molecule has 0 fully saturated rings. The van der Waals surface area contributed by atoms with Crippen LogP contribution in [0.4, 0.5) is 0 Å². The fraction of sp³-hybridized carbons (Fsp3) is 0.524. The first kappa shape index (κ1) is 21.8. The van der Waals surface area contributed by atoms with Crippen molar-refractivity contribution in [3.63, 3.8) is 0 Å². The van der Waals surface area contributed by atoms with Gasteiger partial charge in [-0.25, -0.2) is 0 Å². The normalized spacial score (nSPS) is 17.1. The third kappa shape index (κ3) is 4.47. The molecule has 1 amide bonds. The molecule has 7 nitrogen and oxygen atoms in total. The van der Waals surface area contributed by atoms with E-state index in [4.69, 9.17) is 9.47 Å². The Morgan fingerprint density at radius 1 is 1.21 bits per heavy atom. The molecule has 154 valence electrons. The maximum absolute atomic E-state index is 12.9. The molecule has 0 aliphatic carbocycles. The van der Waals surface area contributed by atoms with E-state index in [9.17, 15) is 14.7 Å². The van der Waals surface area contributed by atoms with Crippen molar-refractivity contribution < 1.29 is 24.2 Å². The predicted molar refractivity (Wildman–Crippen MR) is 107 cm³/mol. The number of aliphatic hydroxyl groups is 1. The van der Waals surface area contributed by atoms with Gasteiger partial charge in [0.05, 0.1) is 25.8 Å². The monoisotopic (exact) mass is 390 g/mol. The van der Waals surface area contributed by atoms with Gasteiger partial charge in [-0.15, -0.1) is 0 Å². The Morgan fingerprint density at radius 3 is 2.39 bits per heavy atom. The Hall–Kier alpha value is -2.54. The van der Waals surface area contributed by atoms with Crippen LogP contribution in [0.3, 0.4) is 0 Å². The minimum atomic E-state index is -0.654. The van der Waals surface area contributed by atoms with Crippen molar-refractivity contribution in [1.29, 1.82) is 0 Å². The molecule has 0 bridgehead atoms. The number of carbonyl (C=O) groups excluding carboxylic acids is 2.